The van der Waals surface area contributed by atoms with Crippen LogP contribution in [0.3, 0.4) is 0 Å². The van der Waals surface area contributed by atoms with Gasteiger partial charge in [-0.15, -0.1) is 0 Å². The van der Waals surface area contributed by atoms with Crippen LogP contribution in [0.5, 0.6) is 0 Å². The van der Waals surface area contributed by atoms with Gasteiger partial charge in [0.25, 0.3) is 0 Å². The predicted molar refractivity (Wildman–Crippen MR) is 59.8 cm³/mol. The lowest BCUT2D eigenvalue weighted by Crippen LogP contribution is -2.48. The molecule has 0 spiro atoms. The average molecular weight is 254 g/mol. The molecule has 0 aromatic heterocycles. The fourth-order valence-corrected chi connectivity index (χ4v) is 2.62. The molecule has 2 N–H and O–H groups in total. The molecule has 17 heavy (non-hydrogen) atoms. The molecular formula is C11H21F3N2O. The van der Waals surface area contributed by atoms with Gasteiger partial charge in [-0.1, -0.05) is 6.92 Å². The lowest BCUT2D eigenvalue weighted by atomic mass is 9.98. The quantitative estimate of drug-likeness (QED) is 0.778. The van der Waals surface area contributed by atoms with Crippen LogP contribution in [0.25, 0.3) is 0 Å². The van der Waals surface area contributed by atoms with Gasteiger partial charge >= 0.3 is 6.18 Å². The van der Waals surface area contributed by atoms with Crippen LogP contribution in [0, 0.1) is 0 Å². The molecule has 0 aliphatic heterocycles. The van der Waals surface area contributed by atoms with Gasteiger partial charge in [-0.05, 0) is 32.9 Å². The van der Waals surface area contributed by atoms with Crippen molar-refractivity contribution in [2.75, 3.05) is 26.7 Å². The number of aliphatic hydroxyl groups excluding tert-OH is 1. The maximum absolute atomic E-state index is 12.3. The van der Waals surface area contributed by atoms with Gasteiger partial charge < -0.3 is 10.4 Å². The number of rotatable bonds is 5. The molecule has 0 saturated heterocycles. The average Bonchev–Trinajstić information content (AvgIpc) is 2.61. The molecule has 1 aliphatic carbocycles. The van der Waals surface area contributed by atoms with Crippen LogP contribution in [-0.4, -0.2) is 54.5 Å². The summed E-state index contributed by atoms with van der Waals surface area (Å²) in [5.41, 5.74) is -0.390. The first kappa shape index (κ1) is 14.7. The van der Waals surface area contributed by atoms with Crippen LogP contribution >= 0.6 is 0 Å². The van der Waals surface area contributed by atoms with Gasteiger partial charge in [-0.3, -0.25) is 4.90 Å². The molecule has 1 saturated carbocycles. The van der Waals surface area contributed by atoms with E-state index < -0.39 is 12.7 Å². The summed E-state index contributed by atoms with van der Waals surface area (Å²) >= 11 is 0. The molecule has 0 amide bonds. The van der Waals surface area contributed by atoms with E-state index in [0.29, 0.717) is 12.8 Å². The Morgan fingerprint density at radius 2 is 2.12 bits per heavy atom. The second kappa shape index (κ2) is 5.54. The Hall–Kier alpha value is -0.330. The zero-order valence-electron chi connectivity index (χ0n) is 10.3. The summed E-state index contributed by atoms with van der Waals surface area (Å²) in [7, 11) is 1.50. The maximum Gasteiger partial charge on any atom is 0.401 e. The van der Waals surface area contributed by atoms with Crippen molar-refractivity contribution in [2.45, 2.75) is 43.9 Å². The number of hydrogen-bond acceptors (Lipinski definition) is 3. The normalized spacial score (nSPS) is 30.2. The number of alkyl halides is 3. The molecule has 1 rings (SSSR count). The summed E-state index contributed by atoms with van der Waals surface area (Å²) in [6.45, 7) is 1.75. The van der Waals surface area contributed by atoms with Crippen LogP contribution < -0.4 is 5.32 Å². The highest BCUT2D eigenvalue weighted by molar-refractivity contribution is 4.98. The highest BCUT2D eigenvalue weighted by Gasteiger charge is 2.41. The summed E-state index contributed by atoms with van der Waals surface area (Å²) in [6.07, 6.45) is -2.16. The Bertz CT molecular complexity index is 247. The van der Waals surface area contributed by atoms with Gasteiger partial charge in [-0.25, -0.2) is 0 Å². The minimum Gasteiger partial charge on any atom is -0.394 e. The Balaban J connectivity index is 2.54. The monoisotopic (exact) mass is 254 g/mol. The van der Waals surface area contributed by atoms with E-state index in [1.165, 1.54) is 11.9 Å². The number of hydrogen-bond donors (Lipinski definition) is 2. The molecule has 2 atom stereocenters. The van der Waals surface area contributed by atoms with Crippen LogP contribution in [0.1, 0.15) is 26.2 Å². The SMILES string of the molecule is CCNC1(CO)CCC(N(C)CC(F)(F)F)C1. The van der Waals surface area contributed by atoms with E-state index in [1.54, 1.807) is 0 Å². The van der Waals surface area contributed by atoms with Gasteiger partial charge in [0.1, 0.15) is 0 Å². The molecule has 0 heterocycles. The van der Waals surface area contributed by atoms with E-state index in [-0.39, 0.29) is 18.2 Å². The largest absolute Gasteiger partial charge is 0.401 e. The van der Waals surface area contributed by atoms with Crippen LogP contribution in [0.15, 0.2) is 0 Å². The Morgan fingerprint density at radius 1 is 1.47 bits per heavy atom. The van der Waals surface area contributed by atoms with Crippen molar-refractivity contribution in [1.82, 2.24) is 10.2 Å². The summed E-state index contributed by atoms with van der Waals surface area (Å²) in [5, 5.41) is 12.6. The van der Waals surface area contributed by atoms with E-state index in [1.807, 2.05) is 6.92 Å². The third kappa shape index (κ3) is 4.12. The molecule has 0 radical (unpaired) electrons. The zero-order valence-corrected chi connectivity index (χ0v) is 10.3. The van der Waals surface area contributed by atoms with E-state index in [0.717, 1.165) is 13.0 Å². The second-order valence-electron chi connectivity index (χ2n) is 4.90. The molecule has 0 aromatic rings. The number of halogens is 3. The number of nitrogens with one attached hydrogen (secondary N) is 1. The lowest BCUT2D eigenvalue weighted by Gasteiger charge is -2.30. The molecule has 0 aromatic carbocycles. The van der Waals surface area contributed by atoms with Crippen molar-refractivity contribution in [2.24, 2.45) is 0 Å². The third-order valence-corrected chi connectivity index (χ3v) is 3.49. The third-order valence-electron chi connectivity index (χ3n) is 3.49. The predicted octanol–water partition coefficient (Wildman–Crippen LogP) is 1.37. The van der Waals surface area contributed by atoms with Crippen LogP contribution in [0.2, 0.25) is 0 Å². The summed E-state index contributed by atoms with van der Waals surface area (Å²) in [5.74, 6) is 0. The van der Waals surface area contributed by atoms with Crippen molar-refractivity contribution in [3.63, 3.8) is 0 Å². The van der Waals surface area contributed by atoms with Gasteiger partial charge in [0.2, 0.25) is 0 Å². The molecule has 1 fully saturated rings. The Morgan fingerprint density at radius 3 is 2.59 bits per heavy atom. The molecule has 6 heteroatoms. The number of likely N-dealkylation sites (N-methyl/N-ethyl adjacent to an activating group) is 1. The minimum atomic E-state index is -4.16. The van der Waals surface area contributed by atoms with Crippen molar-refractivity contribution in [3.8, 4) is 0 Å². The number of aliphatic hydroxyl groups is 1. The fourth-order valence-electron chi connectivity index (χ4n) is 2.62. The van der Waals surface area contributed by atoms with Crippen LogP contribution in [0.4, 0.5) is 13.2 Å². The number of nitrogens with zero attached hydrogens (tertiary/aromatic N) is 1. The second-order valence-corrected chi connectivity index (χ2v) is 4.90. The van der Waals surface area contributed by atoms with E-state index in [9.17, 15) is 18.3 Å². The maximum atomic E-state index is 12.3. The summed E-state index contributed by atoms with van der Waals surface area (Å²) < 4.78 is 36.8. The Labute approximate surface area is 100.0 Å². The van der Waals surface area contributed by atoms with E-state index in [4.69, 9.17) is 0 Å². The standard InChI is InChI=1S/C11H21F3N2O/c1-3-15-10(8-17)5-4-9(6-10)16(2)7-11(12,13)14/h9,15,17H,3-8H2,1-2H3. The van der Waals surface area contributed by atoms with Gasteiger partial charge in [0, 0.05) is 11.6 Å². The first-order chi connectivity index (χ1) is 7.82. The highest BCUT2D eigenvalue weighted by Crippen LogP contribution is 2.33. The smallest absolute Gasteiger partial charge is 0.394 e. The lowest BCUT2D eigenvalue weighted by molar-refractivity contribution is -0.147. The van der Waals surface area contributed by atoms with Gasteiger partial charge in [0.15, 0.2) is 0 Å². The first-order valence-corrected chi connectivity index (χ1v) is 5.95. The highest BCUT2D eigenvalue weighted by atomic mass is 19.4. The Kier molecular flexibility index (Phi) is 4.80. The molecule has 102 valence electrons. The van der Waals surface area contributed by atoms with Crippen molar-refractivity contribution in [1.29, 1.82) is 0 Å². The first-order valence-electron chi connectivity index (χ1n) is 5.95. The van der Waals surface area contributed by atoms with Crippen molar-refractivity contribution < 1.29 is 18.3 Å². The van der Waals surface area contributed by atoms with Gasteiger partial charge in [-0.2, -0.15) is 13.2 Å². The molecule has 3 nitrogen and oxygen atoms in total. The van der Waals surface area contributed by atoms with E-state index in [2.05, 4.69) is 5.32 Å². The minimum absolute atomic E-state index is 0.0167. The van der Waals surface area contributed by atoms with Gasteiger partial charge in [0.05, 0.1) is 13.2 Å². The molecular weight excluding hydrogens is 233 g/mol. The molecule has 0 bridgehead atoms. The summed E-state index contributed by atoms with van der Waals surface area (Å²) in [4.78, 5) is 1.34. The zero-order chi connectivity index (χ0) is 13.1. The summed E-state index contributed by atoms with van der Waals surface area (Å²) in [6, 6.07) is -0.108. The van der Waals surface area contributed by atoms with E-state index >= 15 is 0 Å². The van der Waals surface area contributed by atoms with Crippen LogP contribution in [-0.2, 0) is 0 Å². The van der Waals surface area contributed by atoms with Crippen molar-refractivity contribution in [3.05, 3.63) is 0 Å². The molecule has 2 unspecified atom stereocenters. The van der Waals surface area contributed by atoms with Crippen molar-refractivity contribution >= 4 is 0 Å². The fraction of sp³-hybridized carbons (Fsp3) is 1.00. The molecule has 1 aliphatic rings. The topological polar surface area (TPSA) is 35.5 Å².